The number of hydrogen-bond acceptors (Lipinski definition) is 14. The minimum Gasteiger partial charge on any atom is -0.468 e. The molecule has 3 amide bonds. The van der Waals surface area contributed by atoms with Gasteiger partial charge in [0.25, 0.3) is 5.91 Å². The second kappa shape index (κ2) is 19.6. The van der Waals surface area contributed by atoms with Gasteiger partial charge < -0.3 is 38.9 Å². The second-order valence-electron chi connectivity index (χ2n) is 21.1. The highest BCUT2D eigenvalue weighted by molar-refractivity contribution is 6.37. The maximum Gasteiger partial charge on any atom is 0.319 e. The number of aliphatic hydroxyl groups is 1. The summed E-state index contributed by atoms with van der Waals surface area (Å²) in [6.45, 7) is 11.0. The summed E-state index contributed by atoms with van der Waals surface area (Å²) in [6.07, 6.45) is 7.66. The highest BCUT2D eigenvalue weighted by atomic mass is 35.5. The average Bonchev–Trinajstić information content (AvgIpc) is 4.06. The van der Waals surface area contributed by atoms with E-state index in [0.29, 0.717) is 72.8 Å². The monoisotopic (exact) mass is 1010 g/mol. The lowest BCUT2D eigenvalue weighted by Crippen LogP contribution is -2.52. The van der Waals surface area contributed by atoms with E-state index in [0.717, 1.165) is 89.3 Å². The van der Waals surface area contributed by atoms with Crippen molar-refractivity contribution in [3.63, 3.8) is 0 Å². The summed E-state index contributed by atoms with van der Waals surface area (Å²) in [6, 6.07) is 11.5. The number of benzene rings is 3. The minimum absolute atomic E-state index is 0.0107. The van der Waals surface area contributed by atoms with Crippen LogP contribution in [0.3, 0.4) is 0 Å². The van der Waals surface area contributed by atoms with E-state index in [-0.39, 0.29) is 70.2 Å². The molecule has 72 heavy (non-hydrogen) atoms. The lowest BCUT2D eigenvalue weighted by atomic mass is 9.94. The Morgan fingerprint density at radius 1 is 0.889 bits per heavy atom. The number of pyridine rings is 1. The van der Waals surface area contributed by atoms with E-state index in [9.17, 15) is 23.9 Å². The molecule has 0 unspecified atom stereocenters. The maximum absolute atomic E-state index is 17.3. The van der Waals surface area contributed by atoms with Crippen LogP contribution < -0.4 is 24.6 Å². The lowest BCUT2D eigenvalue weighted by Gasteiger charge is -2.40. The summed E-state index contributed by atoms with van der Waals surface area (Å²) >= 11 is 6.56. The van der Waals surface area contributed by atoms with Crippen LogP contribution in [0.2, 0.25) is 5.02 Å². The van der Waals surface area contributed by atoms with Crippen molar-refractivity contribution in [2.24, 2.45) is 11.3 Å². The number of carbonyl (C=O) groups is 3. The zero-order valence-electron chi connectivity index (χ0n) is 40.7. The summed E-state index contributed by atoms with van der Waals surface area (Å²) in [5, 5.41) is 14.5. The number of rotatable bonds is 14. The number of piperazine rings is 1. The van der Waals surface area contributed by atoms with Crippen molar-refractivity contribution < 1.29 is 42.5 Å². The molecule has 16 nitrogen and oxygen atoms in total. The summed E-state index contributed by atoms with van der Waals surface area (Å²) in [5.41, 5.74) is 1.71. The molecule has 11 rings (SSSR count). The van der Waals surface area contributed by atoms with E-state index in [1.807, 2.05) is 17.0 Å². The Kier molecular flexibility index (Phi) is 13.2. The van der Waals surface area contributed by atoms with Crippen LogP contribution in [-0.4, -0.2) is 150 Å². The average molecular weight is 1010 g/mol. The number of methoxy groups -OCH3 is 1. The van der Waals surface area contributed by atoms with E-state index < -0.39 is 29.2 Å². The summed E-state index contributed by atoms with van der Waals surface area (Å²) in [4.78, 5) is 62.7. The minimum atomic E-state index is -0.979. The Morgan fingerprint density at radius 3 is 2.44 bits per heavy atom. The number of amides is 3. The normalized spacial score (nSPS) is 23.0. The molecule has 1 aliphatic carbocycles. The molecule has 0 radical (unpaired) electrons. The number of nitrogens with zero attached hydrogens (tertiary/aromatic N) is 8. The number of nitrogens with one attached hydrogen (secondary N) is 1. The third-order valence-corrected chi connectivity index (χ3v) is 16.1. The molecule has 5 fully saturated rings. The molecule has 6 aliphatic rings. The van der Waals surface area contributed by atoms with Gasteiger partial charge in [0, 0.05) is 106 Å². The third-order valence-electron chi connectivity index (χ3n) is 15.7. The number of hydrogen-bond donors (Lipinski definition) is 2. The second-order valence-corrected chi connectivity index (χ2v) is 21.4. The number of halogens is 3. The Balaban J connectivity index is 0.729. The van der Waals surface area contributed by atoms with Crippen LogP contribution >= 0.6 is 11.6 Å². The van der Waals surface area contributed by atoms with E-state index in [4.69, 9.17) is 35.8 Å². The largest absolute Gasteiger partial charge is 0.468 e. The Morgan fingerprint density at radius 2 is 1.69 bits per heavy atom. The molecule has 380 valence electrons. The number of β-amino-alcohol motifs (C(OH)–C–C–N with tert-alkyl or cyclic N) is 1. The molecule has 5 aliphatic heterocycles. The van der Waals surface area contributed by atoms with Crippen LogP contribution in [0.1, 0.15) is 74.2 Å². The fourth-order valence-electron chi connectivity index (χ4n) is 11.5. The first-order valence-corrected chi connectivity index (χ1v) is 25.6. The lowest BCUT2D eigenvalue weighted by molar-refractivity contribution is -0.136. The van der Waals surface area contributed by atoms with Crippen LogP contribution in [-0.2, 0) is 20.9 Å². The van der Waals surface area contributed by atoms with Crippen molar-refractivity contribution in [1.29, 1.82) is 0 Å². The van der Waals surface area contributed by atoms with E-state index >= 15 is 4.39 Å². The molecule has 2 atom stereocenters. The number of ether oxygens (including phenoxy) is 3. The van der Waals surface area contributed by atoms with Crippen LogP contribution in [0, 0.1) is 23.0 Å². The Hall–Kier alpha value is -5.79. The molecule has 5 aromatic rings. The van der Waals surface area contributed by atoms with Gasteiger partial charge in [-0.25, -0.2) is 8.78 Å². The van der Waals surface area contributed by atoms with Gasteiger partial charge in [-0.2, -0.15) is 9.97 Å². The molecule has 4 saturated heterocycles. The zero-order chi connectivity index (χ0) is 49.9. The fourth-order valence-corrected chi connectivity index (χ4v) is 11.8. The van der Waals surface area contributed by atoms with Crippen LogP contribution in [0.15, 0.2) is 48.7 Å². The van der Waals surface area contributed by atoms with Gasteiger partial charge in [-0.15, -0.1) is 0 Å². The van der Waals surface area contributed by atoms with Crippen molar-refractivity contribution in [3.05, 3.63) is 76.4 Å². The van der Waals surface area contributed by atoms with Gasteiger partial charge in [-0.05, 0) is 118 Å². The molecule has 7 heterocycles. The van der Waals surface area contributed by atoms with Gasteiger partial charge >= 0.3 is 6.01 Å². The molecule has 19 heteroatoms. The van der Waals surface area contributed by atoms with Gasteiger partial charge in [0.1, 0.15) is 34.6 Å². The van der Waals surface area contributed by atoms with Crippen molar-refractivity contribution in [3.8, 4) is 23.0 Å². The zero-order valence-corrected chi connectivity index (χ0v) is 41.5. The predicted molar refractivity (Wildman–Crippen MR) is 267 cm³/mol. The number of piperidine rings is 3. The van der Waals surface area contributed by atoms with Gasteiger partial charge in [0.15, 0.2) is 12.6 Å². The molecule has 0 spiro atoms. The Labute approximate surface area is 421 Å². The highest BCUT2D eigenvalue weighted by Crippen LogP contribution is 2.47. The first-order valence-electron chi connectivity index (χ1n) is 25.2. The van der Waals surface area contributed by atoms with Crippen LogP contribution in [0.4, 0.5) is 20.3 Å². The maximum atomic E-state index is 17.3. The number of aromatic nitrogens is 3. The standard InChI is InChI=1S/C53H60ClF2N9O7/c1-52(69)12-3-15-64(28-52)48-39-25-57-46(38-24-36(72-31-70-2)23-33-4-7-40(55)44(54)43(33)38)45(56)47(39)59-51(60-48)71-30-53(13-14-53)29-62-16-10-32(11-17-62)26-61-18-20-63(21-19-61)35-5-6-37-34(22-35)27-65(50(37)68)41-8-9-42(66)58-49(41)67/h4-7,22-25,32,41,69H,3,8-21,26-31H2,1-2H3,(H,58,66,67)/t41-,52+/m0/s1. The van der Waals surface area contributed by atoms with Crippen molar-refractivity contribution in [1.82, 2.24) is 35.0 Å². The van der Waals surface area contributed by atoms with Gasteiger partial charge in [-0.1, -0.05) is 17.7 Å². The topological polar surface area (TPSA) is 166 Å². The fraction of sp³-hybridized carbons (Fsp3) is 0.509. The molecule has 1 saturated carbocycles. The summed E-state index contributed by atoms with van der Waals surface area (Å²) < 4.78 is 49.6. The predicted octanol–water partition coefficient (Wildman–Crippen LogP) is 6.56. The van der Waals surface area contributed by atoms with Gasteiger partial charge in [0.05, 0.1) is 22.6 Å². The highest BCUT2D eigenvalue weighted by Gasteiger charge is 2.46. The van der Waals surface area contributed by atoms with E-state index in [2.05, 4.69) is 31.1 Å². The number of imide groups is 1. The molecule has 2 N–H and O–H groups in total. The Bertz CT molecular complexity index is 2940. The van der Waals surface area contributed by atoms with E-state index in [1.54, 1.807) is 30.0 Å². The molecular formula is C53H60ClF2N9O7. The molecule has 0 bridgehead atoms. The molecule has 3 aromatic carbocycles. The van der Waals surface area contributed by atoms with Crippen LogP contribution in [0.5, 0.6) is 11.8 Å². The number of fused-ring (bicyclic) bond motifs is 3. The molecule has 2 aromatic heterocycles. The summed E-state index contributed by atoms with van der Waals surface area (Å²) in [5.74, 6) is -0.860. The third kappa shape index (κ3) is 9.75. The number of likely N-dealkylation sites (tertiary alicyclic amines) is 1. The number of anilines is 2. The first-order chi connectivity index (χ1) is 34.7. The van der Waals surface area contributed by atoms with E-state index in [1.165, 1.54) is 19.4 Å². The molecular weight excluding hydrogens is 948 g/mol. The number of carbonyl (C=O) groups excluding carboxylic acids is 3. The van der Waals surface area contributed by atoms with Gasteiger partial charge in [0.2, 0.25) is 11.8 Å². The van der Waals surface area contributed by atoms with Crippen molar-refractivity contribution in [2.45, 2.75) is 76.5 Å². The summed E-state index contributed by atoms with van der Waals surface area (Å²) in [7, 11) is 1.49. The first kappa shape index (κ1) is 48.5. The quantitative estimate of drug-likeness (QED) is 0.0907. The van der Waals surface area contributed by atoms with Crippen LogP contribution in [0.25, 0.3) is 32.9 Å². The van der Waals surface area contributed by atoms with Crippen molar-refractivity contribution >= 4 is 62.5 Å². The van der Waals surface area contributed by atoms with Crippen molar-refractivity contribution in [2.75, 3.05) is 95.8 Å². The SMILES string of the molecule is COCOc1cc(-c2ncc3c(N4CCC[C@@](C)(O)C4)nc(OCC4(CN5CCC(CN6CCN(c7ccc8c(c7)CN([C@H]7CCC(=O)NC7=O)C8=O)CC6)CC5)CC4)nc3c2F)c2c(Cl)c(F)ccc2c1. The smallest absolute Gasteiger partial charge is 0.319 e. The van der Waals surface area contributed by atoms with Gasteiger partial charge in [-0.3, -0.25) is 29.6 Å².